The molecule has 6 heteroatoms. The second-order valence-electron chi connectivity index (χ2n) is 2.42. The zero-order valence-corrected chi connectivity index (χ0v) is 6.76. The van der Waals surface area contributed by atoms with Crippen molar-refractivity contribution in [3.05, 3.63) is 12.4 Å². The summed E-state index contributed by atoms with van der Waals surface area (Å²) in [7, 11) is 0. The Hall–Kier alpha value is -1.46. The van der Waals surface area contributed by atoms with Crippen LogP contribution in [0.25, 0.3) is 0 Å². The summed E-state index contributed by atoms with van der Waals surface area (Å²) in [4.78, 5) is 17.2. The molecule has 0 bridgehead atoms. The highest BCUT2D eigenvalue weighted by atomic mass is 19.3. The van der Waals surface area contributed by atoms with Crippen molar-refractivity contribution in [2.45, 2.75) is 19.3 Å². The van der Waals surface area contributed by atoms with E-state index in [1.54, 1.807) is 0 Å². The average molecular weight is 189 g/mol. The summed E-state index contributed by atoms with van der Waals surface area (Å²) >= 11 is 0. The first kappa shape index (κ1) is 9.63. The Balaban J connectivity index is 2.26. The van der Waals surface area contributed by atoms with Crippen molar-refractivity contribution in [2.24, 2.45) is 0 Å². The molecule has 0 atom stereocenters. The number of nitrogens with zero attached hydrogens (tertiary/aromatic N) is 1. The Morgan fingerprint density at radius 3 is 3.00 bits per heavy atom. The van der Waals surface area contributed by atoms with Crippen LogP contribution in [0, 0.1) is 0 Å². The van der Waals surface area contributed by atoms with Gasteiger partial charge >= 0.3 is 0 Å². The van der Waals surface area contributed by atoms with Crippen LogP contribution in [0.5, 0.6) is 0 Å². The largest absolute Gasteiger partial charge is 0.331 e. The molecule has 1 amide bonds. The summed E-state index contributed by atoms with van der Waals surface area (Å²) in [5, 5.41) is 2.34. The second-order valence-corrected chi connectivity index (χ2v) is 2.42. The molecule has 0 saturated heterocycles. The molecule has 0 aliphatic heterocycles. The third kappa shape index (κ3) is 3.64. The summed E-state index contributed by atoms with van der Waals surface area (Å²) in [6.45, 7) is 0. The van der Waals surface area contributed by atoms with E-state index in [0.717, 1.165) is 0 Å². The van der Waals surface area contributed by atoms with Crippen molar-refractivity contribution >= 4 is 11.9 Å². The van der Waals surface area contributed by atoms with E-state index >= 15 is 0 Å². The van der Waals surface area contributed by atoms with E-state index in [4.69, 9.17) is 0 Å². The second kappa shape index (κ2) is 4.54. The minimum absolute atomic E-state index is 0.196. The Labute approximate surface area is 73.4 Å². The molecule has 0 aliphatic rings. The van der Waals surface area contributed by atoms with Gasteiger partial charge in [0.2, 0.25) is 18.3 Å². The van der Waals surface area contributed by atoms with Gasteiger partial charge in [0, 0.05) is 25.2 Å². The molecule has 72 valence electrons. The number of aromatic amines is 1. The molecule has 1 aromatic heterocycles. The maximum absolute atomic E-state index is 11.7. The molecule has 0 saturated carbocycles. The third-order valence-corrected chi connectivity index (χ3v) is 1.35. The number of H-pyrrole nitrogens is 1. The molecule has 0 fully saturated rings. The Bertz CT molecular complexity index is 261. The van der Waals surface area contributed by atoms with Crippen molar-refractivity contribution in [3.8, 4) is 0 Å². The van der Waals surface area contributed by atoms with Crippen LogP contribution in [0.2, 0.25) is 0 Å². The topological polar surface area (TPSA) is 57.8 Å². The fraction of sp³-hybridized carbons (Fsp3) is 0.429. The molecule has 0 spiro atoms. The lowest BCUT2D eigenvalue weighted by Crippen LogP contribution is -2.13. The molecule has 0 unspecified atom stereocenters. The van der Waals surface area contributed by atoms with Crippen LogP contribution in [0.4, 0.5) is 14.7 Å². The van der Waals surface area contributed by atoms with Crippen LogP contribution in [0.1, 0.15) is 12.8 Å². The lowest BCUT2D eigenvalue weighted by molar-refractivity contribution is -0.117. The van der Waals surface area contributed by atoms with Crippen molar-refractivity contribution in [1.82, 2.24) is 9.97 Å². The Kier molecular flexibility index (Phi) is 3.36. The molecule has 13 heavy (non-hydrogen) atoms. The number of carbonyl (C=O) groups excluding carboxylic acids is 1. The quantitative estimate of drug-likeness (QED) is 0.751. The molecule has 1 aromatic rings. The number of rotatable bonds is 4. The fourth-order valence-electron chi connectivity index (χ4n) is 0.768. The van der Waals surface area contributed by atoms with Crippen LogP contribution in [-0.4, -0.2) is 22.3 Å². The van der Waals surface area contributed by atoms with E-state index in [2.05, 4.69) is 15.3 Å². The minimum Gasteiger partial charge on any atom is -0.331 e. The highest BCUT2D eigenvalue weighted by Crippen LogP contribution is 2.04. The van der Waals surface area contributed by atoms with Crippen molar-refractivity contribution < 1.29 is 13.6 Å². The zero-order valence-electron chi connectivity index (χ0n) is 6.76. The number of carbonyl (C=O) groups is 1. The number of imidazole rings is 1. The van der Waals surface area contributed by atoms with Crippen molar-refractivity contribution in [3.63, 3.8) is 0 Å². The number of amides is 1. The molecule has 0 aromatic carbocycles. The zero-order chi connectivity index (χ0) is 9.68. The van der Waals surface area contributed by atoms with Gasteiger partial charge in [0.15, 0.2) is 0 Å². The summed E-state index contributed by atoms with van der Waals surface area (Å²) in [5.41, 5.74) is 0. The fourth-order valence-corrected chi connectivity index (χ4v) is 0.768. The summed E-state index contributed by atoms with van der Waals surface area (Å²) in [6, 6.07) is 0. The predicted molar refractivity (Wildman–Crippen MR) is 42.5 cm³/mol. The van der Waals surface area contributed by atoms with Crippen LogP contribution >= 0.6 is 0 Å². The first-order chi connectivity index (χ1) is 6.18. The van der Waals surface area contributed by atoms with E-state index in [1.807, 2.05) is 0 Å². The van der Waals surface area contributed by atoms with Crippen LogP contribution in [-0.2, 0) is 4.79 Å². The van der Waals surface area contributed by atoms with Gasteiger partial charge in [-0.15, -0.1) is 0 Å². The van der Waals surface area contributed by atoms with E-state index in [-0.39, 0.29) is 12.4 Å². The van der Waals surface area contributed by atoms with E-state index in [9.17, 15) is 13.6 Å². The number of aromatic nitrogens is 2. The van der Waals surface area contributed by atoms with Crippen LogP contribution in [0.15, 0.2) is 12.4 Å². The molecule has 0 aliphatic carbocycles. The summed E-state index contributed by atoms with van der Waals surface area (Å²) in [6.07, 6.45) is -0.0709. The van der Waals surface area contributed by atoms with Gasteiger partial charge in [0.05, 0.1) is 0 Å². The normalized spacial score (nSPS) is 10.4. The van der Waals surface area contributed by atoms with Gasteiger partial charge in [-0.05, 0) is 0 Å². The van der Waals surface area contributed by atoms with Gasteiger partial charge < -0.3 is 4.98 Å². The predicted octanol–water partition coefficient (Wildman–Crippen LogP) is 1.39. The molecule has 1 rings (SSSR count). The standard InChI is InChI=1S/C7H9F2N3O/c8-5(9)1-2-6(13)12-7-10-3-4-11-7/h3-5H,1-2H2,(H2,10,11,12,13). The van der Waals surface area contributed by atoms with Crippen LogP contribution < -0.4 is 5.32 Å². The van der Waals surface area contributed by atoms with Gasteiger partial charge in [0.1, 0.15) is 0 Å². The lowest BCUT2D eigenvalue weighted by atomic mass is 10.3. The van der Waals surface area contributed by atoms with E-state index < -0.39 is 18.8 Å². The number of halogens is 2. The third-order valence-electron chi connectivity index (χ3n) is 1.35. The number of hydrogen-bond acceptors (Lipinski definition) is 2. The molecule has 0 radical (unpaired) electrons. The van der Waals surface area contributed by atoms with Gasteiger partial charge in [-0.2, -0.15) is 0 Å². The van der Waals surface area contributed by atoms with Gasteiger partial charge in [0.25, 0.3) is 0 Å². The Morgan fingerprint density at radius 1 is 1.69 bits per heavy atom. The smallest absolute Gasteiger partial charge is 0.239 e. The Morgan fingerprint density at radius 2 is 2.46 bits per heavy atom. The van der Waals surface area contributed by atoms with Gasteiger partial charge in [-0.25, -0.2) is 13.8 Å². The maximum Gasteiger partial charge on any atom is 0.239 e. The maximum atomic E-state index is 11.7. The number of alkyl halides is 2. The van der Waals surface area contributed by atoms with Gasteiger partial charge in [-0.3, -0.25) is 10.1 Å². The first-order valence-electron chi connectivity index (χ1n) is 3.76. The van der Waals surface area contributed by atoms with Gasteiger partial charge in [-0.1, -0.05) is 0 Å². The average Bonchev–Trinajstić information content (AvgIpc) is 2.53. The molecular weight excluding hydrogens is 180 g/mol. The highest BCUT2D eigenvalue weighted by Gasteiger charge is 2.08. The van der Waals surface area contributed by atoms with Crippen molar-refractivity contribution in [1.29, 1.82) is 0 Å². The van der Waals surface area contributed by atoms with Crippen LogP contribution in [0.3, 0.4) is 0 Å². The molecule has 2 N–H and O–H groups in total. The number of hydrogen-bond donors (Lipinski definition) is 2. The monoisotopic (exact) mass is 189 g/mol. The lowest BCUT2D eigenvalue weighted by Gasteiger charge is -2.00. The molecular formula is C7H9F2N3O. The summed E-state index contributed by atoms with van der Waals surface area (Å²) < 4.78 is 23.3. The molecule has 4 nitrogen and oxygen atoms in total. The van der Waals surface area contributed by atoms with E-state index in [1.165, 1.54) is 12.4 Å². The molecule has 1 heterocycles. The van der Waals surface area contributed by atoms with Crippen molar-refractivity contribution in [2.75, 3.05) is 5.32 Å². The van der Waals surface area contributed by atoms with E-state index in [0.29, 0.717) is 0 Å². The summed E-state index contributed by atoms with van der Waals surface area (Å²) in [5.74, 6) is -0.186. The highest BCUT2D eigenvalue weighted by molar-refractivity contribution is 5.88. The first-order valence-corrected chi connectivity index (χ1v) is 3.76. The number of nitrogens with one attached hydrogen (secondary N) is 2. The SMILES string of the molecule is O=C(CCC(F)F)Nc1ncc[nH]1. The minimum atomic E-state index is -2.44. The number of anilines is 1.